The maximum atomic E-state index is 13.7. The molecule has 3 N–H and O–H groups in total. The fourth-order valence-electron chi connectivity index (χ4n) is 4.63. The summed E-state index contributed by atoms with van der Waals surface area (Å²) >= 11 is 6.36. The molecule has 0 saturated carbocycles. The van der Waals surface area contributed by atoms with E-state index in [1.54, 1.807) is 36.2 Å². The number of para-hydroxylation sites is 1. The molecule has 0 spiro atoms. The van der Waals surface area contributed by atoms with Crippen LogP contribution in [0.4, 0.5) is 11.6 Å². The summed E-state index contributed by atoms with van der Waals surface area (Å²) in [6.45, 7) is 1.14. The lowest BCUT2D eigenvalue weighted by Gasteiger charge is -2.25. The van der Waals surface area contributed by atoms with Crippen LogP contribution in [0.25, 0.3) is 33.4 Å². The molecule has 0 bridgehead atoms. The molecule has 0 aliphatic rings. The van der Waals surface area contributed by atoms with Crippen molar-refractivity contribution in [2.75, 3.05) is 30.9 Å². The van der Waals surface area contributed by atoms with E-state index in [0.717, 1.165) is 16.5 Å². The van der Waals surface area contributed by atoms with Gasteiger partial charge in [0, 0.05) is 43.4 Å². The minimum atomic E-state index is -0.268. The first kappa shape index (κ1) is 24.6. The average molecular weight is 542 g/mol. The molecule has 11 nitrogen and oxygen atoms in total. The molecular weight excluding hydrogens is 518 g/mol. The number of nitrogens with zero attached hydrogens (tertiary/aromatic N) is 7. The van der Waals surface area contributed by atoms with E-state index in [-0.39, 0.29) is 12.1 Å². The lowest BCUT2D eigenvalue weighted by Crippen LogP contribution is -2.34. The van der Waals surface area contributed by atoms with Gasteiger partial charge in [-0.05, 0) is 30.3 Å². The van der Waals surface area contributed by atoms with E-state index in [0.29, 0.717) is 52.5 Å². The smallest absolute Gasteiger partial charge is 0.284 e. The van der Waals surface area contributed by atoms with Gasteiger partial charge in [-0.25, -0.2) is 19.5 Å². The van der Waals surface area contributed by atoms with E-state index in [9.17, 15) is 4.79 Å². The summed E-state index contributed by atoms with van der Waals surface area (Å²) in [5.41, 5.74) is 8.93. The zero-order chi connectivity index (χ0) is 26.9. The Hall–Kier alpha value is -4.74. The molecule has 0 atom stereocenters. The van der Waals surface area contributed by atoms with Crippen molar-refractivity contribution in [1.82, 2.24) is 34.1 Å². The Morgan fingerprint density at radius 1 is 1.10 bits per heavy atom. The molecule has 6 aromatic rings. The Balaban J connectivity index is 1.53. The van der Waals surface area contributed by atoms with Gasteiger partial charge < -0.3 is 20.4 Å². The second kappa shape index (κ2) is 10.2. The van der Waals surface area contributed by atoms with Crippen LogP contribution in [0.1, 0.15) is 5.82 Å². The number of nitrogens with two attached hydrogens (primary N) is 1. The number of H-pyrrole nitrogens is 1. The third-order valence-electron chi connectivity index (χ3n) is 6.46. The third-order valence-corrected chi connectivity index (χ3v) is 6.77. The fourth-order valence-corrected chi connectivity index (χ4v) is 4.85. The van der Waals surface area contributed by atoms with Crippen LogP contribution in [0, 0.1) is 0 Å². The van der Waals surface area contributed by atoms with Crippen molar-refractivity contribution >= 4 is 39.8 Å². The number of methoxy groups -OCH3 is 1. The van der Waals surface area contributed by atoms with Crippen LogP contribution in [0.3, 0.4) is 0 Å². The Morgan fingerprint density at radius 3 is 2.72 bits per heavy atom. The number of aromatic amines is 1. The quantitative estimate of drug-likeness (QED) is 0.298. The van der Waals surface area contributed by atoms with Crippen molar-refractivity contribution < 1.29 is 4.74 Å². The predicted molar refractivity (Wildman–Crippen MR) is 150 cm³/mol. The number of anilines is 2. The molecule has 12 heteroatoms. The third kappa shape index (κ3) is 4.47. The molecule has 0 amide bonds. The van der Waals surface area contributed by atoms with Crippen LogP contribution in [-0.4, -0.2) is 54.4 Å². The molecule has 0 aliphatic carbocycles. The number of hydrogen-bond acceptors (Lipinski definition) is 8. The van der Waals surface area contributed by atoms with Gasteiger partial charge in [-0.2, -0.15) is 5.10 Å². The number of ether oxygens (including phenoxy) is 1. The first-order valence-electron chi connectivity index (χ1n) is 12.2. The second-order valence-corrected chi connectivity index (χ2v) is 9.27. The summed E-state index contributed by atoms with van der Waals surface area (Å²) in [5.74, 6) is 1.59. The summed E-state index contributed by atoms with van der Waals surface area (Å²) < 4.78 is 8.54. The number of fused-ring (bicyclic) bond motifs is 2. The van der Waals surface area contributed by atoms with Gasteiger partial charge in [-0.15, -0.1) is 0 Å². The lowest BCUT2D eigenvalue weighted by molar-refractivity contribution is 0.204. The van der Waals surface area contributed by atoms with Crippen LogP contribution in [0.2, 0.25) is 5.02 Å². The van der Waals surface area contributed by atoms with Gasteiger partial charge in [0.25, 0.3) is 5.56 Å². The Morgan fingerprint density at radius 2 is 1.95 bits per heavy atom. The number of hydrogen-bond donors (Lipinski definition) is 2. The van der Waals surface area contributed by atoms with Crippen LogP contribution in [-0.2, 0) is 11.3 Å². The van der Waals surface area contributed by atoms with Crippen molar-refractivity contribution in [3.05, 3.63) is 94.6 Å². The lowest BCUT2D eigenvalue weighted by atomic mass is 10.1. The van der Waals surface area contributed by atoms with E-state index in [1.165, 1.54) is 10.8 Å². The van der Waals surface area contributed by atoms with Crippen molar-refractivity contribution in [2.45, 2.75) is 6.54 Å². The molecule has 5 heterocycles. The average Bonchev–Trinajstić information content (AvgIpc) is 3.56. The maximum absolute atomic E-state index is 13.7. The molecule has 5 aromatic heterocycles. The summed E-state index contributed by atoms with van der Waals surface area (Å²) in [5, 5.41) is 5.95. The van der Waals surface area contributed by atoms with E-state index >= 15 is 0 Å². The van der Waals surface area contributed by atoms with Crippen LogP contribution >= 0.6 is 11.6 Å². The molecule has 196 valence electrons. The molecule has 39 heavy (non-hydrogen) atoms. The zero-order valence-electron chi connectivity index (χ0n) is 21.0. The highest BCUT2D eigenvalue weighted by Crippen LogP contribution is 2.34. The van der Waals surface area contributed by atoms with Gasteiger partial charge in [-0.1, -0.05) is 29.8 Å². The molecule has 0 radical (unpaired) electrons. The number of nitrogen functional groups attached to an aromatic ring is 1. The van der Waals surface area contributed by atoms with Crippen LogP contribution in [0.5, 0.6) is 0 Å². The molecule has 6 rings (SSSR count). The molecule has 0 aliphatic heterocycles. The van der Waals surface area contributed by atoms with Gasteiger partial charge in [0.1, 0.15) is 29.1 Å². The number of pyridine rings is 1. The van der Waals surface area contributed by atoms with Crippen LogP contribution < -0.4 is 16.2 Å². The van der Waals surface area contributed by atoms with Gasteiger partial charge in [0.15, 0.2) is 5.82 Å². The highest BCUT2D eigenvalue weighted by Gasteiger charge is 2.22. The Kier molecular flexibility index (Phi) is 6.43. The van der Waals surface area contributed by atoms with Gasteiger partial charge in [-0.3, -0.25) is 9.36 Å². The monoisotopic (exact) mass is 541 g/mol. The topological polar surface area (TPSA) is 132 Å². The number of halogens is 1. The zero-order valence-corrected chi connectivity index (χ0v) is 21.7. The molecular formula is C27H24ClN9O2. The minimum absolute atomic E-state index is 0.246. The number of nitrogens with one attached hydrogen (secondary N) is 1. The highest BCUT2D eigenvalue weighted by atomic mass is 35.5. The largest absolute Gasteiger partial charge is 0.384 e. The standard InChI is InChI=1S/C27H24ClN9O2/c1-39-12-11-35(26-23-19(14-31-25(23)32-16-33-26)17-7-8-21(29)30-13-17)15-22-34-36-10-9-20(28)24(36)27(38)37(22)18-5-3-2-4-6-18/h2-10,13-14,16H,11-12,15H2,1H3,(H2,29,30)(H,31,32,33). The molecule has 0 saturated heterocycles. The molecule has 0 fully saturated rings. The maximum Gasteiger partial charge on any atom is 0.284 e. The van der Waals surface area contributed by atoms with Crippen LogP contribution in [0.15, 0.2) is 78.2 Å². The van der Waals surface area contributed by atoms with E-state index in [4.69, 9.17) is 27.2 Å². The van der Waals surface area contributed by atoms with Gasteiger partial charge in [0.05, 0.1) is 29.2 Å². The van der Waals surface area contributed by atoms with Crippen molar-refractivity contribution in [2.24, 2.45) is 0 Å². The molecule has 1 aromatic carbocycles. The van der Waals surface area contributed by atoms with E-state index < -0.39 is 0 Å². The second-order valence-electron chi connectivity index (χ2n) is 8.86. The predicted octanol–water partition coefficient (Wildman–Crippen LogP) is 3.71. The van der Waals surface area contributed by atoms with E-state index in [1.807, 2.05) is 47.5 Å². The summed E-state index contributed by atoms with van der Waals surface area (Å²) in [7, 11) is 1.64. The Labute approximate surface area is 227 Å². The SMILES string of the molecule is COCCN(Cc1nn2ccc(Cl)c2c(=O)n1-c1ccccc1)c1ncnc2[nH]cc(-c3ccc(N)nc3)c12. The number of rotatable bonds is 8. The summed E-state index contributed by atoms with van der Waals surface area (Å²) in [4.78, 5) is 32.3. The first-order chi connectivity index (χ1) is 19.0. The van der Waals surface area contributed by atoms with Gasteiger partial charge in [0.2, 0.25) is 0 Å². The Bertz CT molecular complexity index is 1830. The van der Waals surface area contributed by atoms with Crippen molar-refractivity contribution in [1.29, 1.82) is 0 Å². The summed E-state index contributed by atoms with van der Waals surface area (Å²) in [6, 6.07) is 14.7. The minimum Gasteiger partial charge on any atom is -0.384 e. The molecule has 0 unspecified atom stereocenters. The van der Waals surface area contributed by atoms with Crippen molar-refractivity contribution in [3.63, 3.8) is 0 Å². The number of aromatic nitrogens is 7. The highest BCUT2D eigenvalue weighted by molar-refractivity contribution is 6.33. The van der Waals surface area contributed by atoms with E-state index in [2.05, 4.69) is 19.9 Å². The summed E-state index contributed by atoms with van der Waals surface area (Å²) in [6.07, 6.45) is 6.77. The first-order valence-corrected chi connectivity index (χ1v) is 12.5. The number of benzene rings is 1. The normalized spacial score (nSPS) is 11.4. The fraction of sp³-hybridized carbons (Fsp3) is 0.148. The van der Waals surface area contributed by atoms with Gasteiger partial charge >= 0.3 is 0 Å². The van der Waals surface area contributed by atoms with Crippen molar-refractivity contribution in [3.8, 4) is 16.8 Å².